The molecule has 1 aromatic rings. The molecule has 21 heavy (non-hydrogen) atoms. The minimum absolute atomic E-state index is 0.103. The monoisotopic (exact) mass is 289 g/mol. The van der Waals surface area contributed by atoms with Gasteiger partial charge in [0, 0.05) is 12.6 Å². The summed E-state index contributed by atoms with van der Waals surface area (Å²) < 4.78 is 5.27. The molecule has 0 unspecified atom stereocenters. The van der Waals surface area contributed by atoms with E-state index in [-0.39, 0.29) is 12.0 Å². The Morgan fingerprint density at radius 1 is 1.19 bits per heavy atom. The van der Waals surface area contributed by atoms with Gasteiger partial charge in [0.15, 0.2) is 0 Å². The first-order chi connectivity index (χ1) is 10.3. The van der Waals surface area contributed by atoms with Crippen LogP contribution in [0.3, 0.4) is 0 Å². The van der Waals surface area contributed by atoms with Crippen LogP contribution in [0, 0.1) is 5.92 Å². The number of likely N-dealkylation sites (tertiary alicyclic amines) is 1. The molecule has 3 rings (SSSR count). The molecule has 1 aromatic carbocycles. The number of aliphatic hydroxyl groups excluding tert-OH is 1. The van der Waals surface area contributed by atoms with Gasteiger partial charge >= 0.3 is 5.97 Å². The molecular formula is C17H23NO3. The number of benzene rings is 1. The zero-order valence-electron chi connectivity index (χ0n) is 12.3. The minimum atomic E-state index is -0.568. The molecule has 0 spiro atoms. The fourth-order valence-electron chi connectivity index (χ4n) is 3.58. The van der Waals surface area contributed by atoms with Crippen LogP contribution in [0.25, 0.3) is 0 Å². The number of rotatable bonds is 3. The third-order valence-electron chi connectivity index (χ3n) is 4.63. The van der Waals surface area contributed by atoms with E-state index in [2.05, 4.69) is 17.0 Å². The zero-order chi connectivity index (χ0) is 14.7. The molecule has 3 atom stereocenters. The van der Waals surface area contributed by atoms with Gasteiger partial charge < -0.3 is 9.84 Å². The molecule has 4 nitrogen and oxygen atoms in total. The van der Waals surface area contributed by atoms with Crippen molar-refractivity contribution in [3.8, 4) is 0 Å². The van der Waals surface area contributed by atoms with E-state index in [9.17, 15) is 9.90 Å². The maximum atomic E-state index is 12.2. The van der Waals surface area contributed by atoms with Crippen molar-refractivity contribution in [1.82, 2.24) is 4.90 Å². The van der Waals surface area contributed by atoms with Gasteiger partial charge in [-0.1, -0.05) is 30.3 Å². The second kappa shape index (κ2) is 6.58. The van der Waals surface area contributed by atoms with Crippen LogP contribution in [-0.2, 0) is 16.1 Å². The fourth-order valence-corrected chi connectivity index (χ4v) is 3.58. The maximum Gasteiger partial charge on any atom is 0.313 e. The van der Waals surface area contributed by atoms with Crippen LogP contribution in [-0.4, -0.2) is 41.3 Å². The Morgan fingerprint density at radius 3 is 2.81 bits per heavy atom. The summed E-state index contributed by atoms with van der Waals surface area (Å²) in [4.78, 5) is 14.5. The van der Waals surface area contributed by atoms with E-state index in [1.54, 1.807) is 0 Å². The third kappa shape index (κ3) is 3.27. The molecular weight excluding hydrogens is 266 g/mol. The molecule has 0 radical (unpaired) electrons. The van der Waals surface area contributed by atoms with Crippen molar-refractivity contribution in [2.45, 2.75) is 44.4 Å². The first-order valence-electron chi connectivity index (χ1n) is 7.88. The van der Waals surface area contributed by atoms with Crippen LogP contribution < -0.4 is 0 Å². The number of ether oxygens (including phenoxy) is 1. The Bertz CT molecular complexity index is 476. The number of nitrogens with zero attached hydrogens (tertiary/aromatic N) is 1. The quantitative estimate of drug-likeness (QED) is 0.864. The van der Waals surface area contributed by atoms with Crippen LogP contribution in [0.15, 0.2) is 30.3 Å². The van der Waals surface area contributed by atoms with Gasteiger partial charge in [0.05, 0.1) is 18.6 Å². The SMILES string of the molecule is O=C1OCCC[C@@H](O)[C@H]1[C@H]1CCCN1Cc1ccccc1. The highest BCUT2D eigenvalue weighted by Gasteiger charge is 2.42. The van der Waals surface area contributed by atoms with Crippen LogP contribution in [0.4, 0.5) is 0 Å². The van der Waals surface area contributed by atoms with Gasteiger partial charge in [-0.25, -0.2) is 0 Å². The zero-order valence-corrected chi connectivity index (χ0v) is 12.3. The first kappa shape index (κ1) is 14.5. The number of esters is 1. The number of aliphatic hydroxyl groups is 1. The van der Waals surface area contributed by atoms with Gasteiger partial charge in [-0.3, -0.25) is 9.69 Å². The standard InChI is InChI=1S/C17H23NO3/c19-15-9-5-11-21-17(20)16(15)14-8-4-10-18(14)12-13-6-2-1-3-7-13/h1-3,6-7,14-16,19H,4-5,8-12H2/t14-,15-,16-/m1/s1. The first-order valence-corrected chi connectivity index (χ1v) is 7.88. The minimum Gasteiger partial charge on any atom is -0.465 e. The summed E-state index contributed by atoms with van der Waals surface area (Å²) in [5.41, 5.74) is 1.25. The summed E-state index contributed by atoms with van der Waals surface area (Å²) in [5.74, 6) is -0.608. The molecule has 2 aliphatic rings. The molecule has 1 N–H and O–H groups in total. The average molecular weight is 289 g/mol. The average Bonchev–Trinajstić information content (AvgIpc) is 2.86. The van der Waals surface area contributed by atoms with Crippen molar-refractivity contribution >= 4 is 5.97 Å². The van der Waals surface area contributed by atoms with Crippen molar-refractivity contribution in [2.24, 2.45) is 5.92 Å². The topological polar surface area (TPSA) is 49.8 Å². The summed E-state index contributed by atoms with van der Waals surface area (Å²) in [6.45, 7) is 2.26. The highest BCUT2D eigenvalue weighted by atomic mass is 16.5. The lowest BCUT2D eigenvalue weighted by Gasteiger charge is -2.31. The van der Waals surface area contributed by atoms with Crippen molar-refractivity contribution in [1.29, 1.82) is 0 Å². The Hall–Kier alpha value is -1.39. The molecule has 2 heterocycles. The van der Waals surface area contributed by atoms with E-state index in [0.717, 1.165) is 32.4 Å². The summed E-state index contributed by atoms with van der Waals surface area (Å²) in [7, 11) is 0. The normalized spacial score (nSPS) is 30.9. The molecule has 2 fully saturated rings. The number of hydrogen-bond acceptors (Lipinski definition) is 4. The largest absolute Gasteiger partial charge is 0.465 e. The van der Waals surface area contributed by atoms with Crippen LogP contribution >= 0.6 is 0 Å². The highest BCUT2D eigenvalue weighted by molar-refractivity contribution is 5.74. The predicted octanol–water partition coefficient (Wildman–Crippen LogP) is 1.97. The van der Waals surface area contributed by atoms with Gasteiger partial charge in [-0.2, -0.15) is 0 Å². The second-order valence-corrected chi connectivity index (χ2v) is 6.07. The number of carbonyl (C=O) groups excluding carboxylic acids is 1. The summed E-state index contributed by atoms with van der Waals surface area (Å²) in [5, 5.41) is 10.3. The van der Waals surface area contributed by atoms with Gasteiger partial charge in [0.1, 0.15) is 0 Å². The van der Waals surface area contributed by atoms with E-state index >= 15 is 0 Å². The van der Waals surface area contributed by atoms with Gasteiger partial charge in [0.25, 0.3) is 0 Å². The highest BCUT2D eigenvalue weighted by Crippen LogP contribution is 2.31. The van der Waals surface area contributed by atoms with Crippen LogP contribution in [0.1, 0.15) is 31.2 Å². The molecule has 0 aliphatic carbocycles. The van der Waals surface area contributed by atoms with E-state index in [0.29, 0.717) is 13.0 Å². The molecule has 0 saturated carbocycles. The Morgan fingerprint density at radius 2 is 2.00 bits per heavy atom. The lowest BCUT2D eigenvalue weighted by Crippen LogP contribution is -2.44. The van der Waals surface area contributed by atoms with E-state index in [1.165, 1.54) is 5.56 Å². The smallest absolute Gasteiger partial charge is 0.313 e. The summed E-state index contributed by atoms with van der Waals surface area (Å²) >= 11 is 0. The fraction of sp³-hybridized carbons (Fsp3) is 0.588. The van der Waals surface area contributed by atoms with Crippen LogP contribution in [0.2, 0.25) is 0 Å². The van der Waals surface area contributed by atoms with Crippen molar-refractivity contribution in [3.05, 3.63) is 35.9 Å². The molecule has 0 amide bonds. The molecule has 0 bridgehead atoms. The van der Waals surface area contributed by atoms with Crippen LogP contribution in [0.5, 0.6) is 0 Å². The number of hydrogen-bond donors (Lipinski definition) is 1. The predicted molar refractivity (Wildman–Crippen MR) is 79.6 cm³/mol. The Kier molecular flexibility index (Phi) is 4.56. The van der Waals surface area contributed by atoms with Crippen molar-refractivity contribution in [2.75, 3.05) is 13.2 Å². The third-order valence-corrected chi connectivity index (χ3v) is 4.63. The summed E-state index contributed by atoms with van der Waals surface area (Å²) in [6.07, 6.45) is 2.89. The summed E-state index contributed by atoms with van der Waals surface area (Å²) in [6, 6.07) is 10.4. The van der Waals surface area contributed by atoms with Crippen molar-refractivity contribution < 1.29 is 14.6 Å². The molecule has 4 heteroatoms. The number of carbonyl (C=O) groups is 1. The van der Waals surface area contributed by atoms with Crippen molar-refractivity contribution in [3.63, 3.8) is 0 Å². The van der Waals surface area contributed by atoms with E-state index in [4.69, 9.17) is 4.74 Å². The Labute approximate surface area is 125 Å². The van der Waals surface area contributed by atoms with Gasteiger partial charge in [-0.05, 0) is 37.8 Å². The van der Waals surface area contributed by atoms with Gasteiger partial charge in [-0.15, -0.1) is 0 Å². The molecule has 2 saturated heterocycles. The van der Waals surface area contributed by atoms with E-state index < -0.39 is 12.0 Å². The maximum absolute atomic E-state index is 12.2. The lowest BCUT2D eigenvalue weighted by molar-refractivity contribution is -0.153. The number of cyclic esters (lactones) is 1. The second-order valence-electron chi connectivity index (χ2n) is 6.07. The van der Waals surface area contributed by atoms with E-state index in [1.807, 2.05) is 18.2 Å². The lowest BCUT2D eigenvalue weighted by atomic mass is 9.90. The molecule has 0 aromatic heterocycles. The Balaban J connectivity index is 1.74. The molecule has 2 aliphatic heterocycles. The van der Waals surface area contributed by atoms with Gasteiger partial charge in [0.2, 0.25) is 0 Å². The molecule has 114 valence electrons.